The van der Waals surface area contributed by atoms with Gasteiger partial charge in [-0.3, -0.25) is 14.9 Å². The predicted octanol–water partition coefficient (Wildman–Crippen LogP) is 2.00. The van der Waals surface area contributed by atoms with Gasteiger partial charge in [-0.2, -0.15) is 0 Å². The molecule has 86 valence electrons. The molecule has 0 aromatic rings. The number of hydrogen-bond acceptors (Lipinski definition) is 4. The quantitative estimate of drug-likeness (QED) is 0.317. The lowest BCUT2D eigenvalue weighted by molar-refractivity contribution is -0.418. The third kappa shape index (κ3) is 3.94. The van der Waals surface area contributed by atoms with Gasteiger partial charge in [-0.15, -0.1) is 0 Å². The number of ether oxygens (including phenoxy) is 1. The van der Waals surface area contributed by atoms with Crippen LogP contribution in [0.2, 0.25) is 0 Å². The van der Waals surface area contributed by atoms with Crippen LogP contribution >= 0.6 is 0 Å². The SMILES string of the molecule is CC.COC1=C=C([N+](=O)[O-])C=C(C=O)C=C1. The number of carbonyl (C=O) groups is 1. The zero-order valence-electron chi connectivity index (χ0n) is 9.39. The molecule has 0 bridgehead atoms. The maximum absolute atomic E-state index is 10.5. The number of nitrogens with zero attached hydrogens (tertiary/aromatic N) is 1. The largest absolute Gasteiger partial charge is 0.489 e. The fourth-order valence-corrected chi connectivity index (χ4v) is 0.873. The van der Waals surface area contributed by atoms with E-state index >= 15 is 0 Å². The maximum Gasteiger partial charge on any atom is 0.316 e. The van der Waals surface area contributed by atoms with Crippen molar-refractivity contribution in [2.45, 2.75) is 13.8 Å². The minimum absolute atomic E-state index is 0.205. The van der Waals surface area contributed by atoms with Crippen molar-refractivity contribution < 1.29 is 14.5 Å². The van der Waals surface area contributed by atoms with Crippen LogP contribution in [0, 0.1) is 10.1 Å². The Morgan fingerprint density at radius 2 is 2.06 bits per heavy atom. The molecule has 0 aromatic heterocycles. The van der Waals surface area contributed by atoms with Gasteiger partial charge in [0.15, 0.2) is 5.76 Å². The van der Waals surface area contributed by atoms with Crippen LogP contribution in [0.4, 0.5) is 0 Å². The molecule has 0 saturated carbocycles. The van der Waals surface area contributed by atoms with E-state index in [9.17, 15) is 14.9 Å². The van der Waals surface area contributed by atoms with Crippen molar-refractivity contribution in [2.24, 2.45) is 0 Å². The van der Waals surface area contributed by atoms with Crippen molar-refractivity contribution in [3.63, 3.8) is 0 Å². The summed E-state index contributed by atoms with van der Waals surface area (Å²) in [5.74, 6) is 0.213. The Hall–Kier alpha value is -2.13. The maximum atomic E-state index is 10.5. The van der Waals surface area contributed by atoms with E-state index in [1.165, 1.54) is 19.3 Å². The second-order valence-corrected chi connectivity index (χ2v) is 2.43. The van der Waals surface area contributed by atoms with Gasteiger partial charge in [0.1, 0.15) is 6.29 Å². The predicted molar refractivity (Wildman–Crippen MR) is 59.2 cm³/mol. The Morgan fingerprint density at radius 3 is 2.50 bits per heavy atom. The van der Waals surface area contributed by atoms with E-state index in [0.29, 0.717) is 6.29 Å². The highest BCUT2D eigenvalue weighted by molar-refractivity contribution is 5.78. The molecule has 1 rings (SSSR count). The first-order valence-corrected chi connectivity index (χ1v) is 4.71. The monoisotopic (exact) mass is 223 g/mol. The molecule has 5 nitrogen and oxygen atoms in total. The topological polar surface area (TPSA) is 69.4 Å². The lowest BCUT2D eigenvalue weighted by Crippen LogP contribution is -1.95. The first kappa shape index (κ1) is 13.9. The third-order valence-electron chi connectivity index (χ3n) is 1.53. The average Bonchev–Trinajstić information content (AvgIpc) is 2.53. The molecule has 0 heterocycles. The van der Waals surface area contributed by atoms with E-state index in [2.05, 4.69) is 5.73 Å². The third-order valence-corrected chi connectivity index (χ3v) is 1.53. The van der Waals surface area contributed by atoms with Gasteiger partial charge in [-0.05, 0) is 12.2 Å². The molecule has 0 atom stereocenters. The summed E-state index contributed by atoms with van der Waals surface area (Å²) in [4.78, 5) is 20.3. The molecule has 0 saturated heterocycles. The van der Waals surface area contributed by atoms with Crippen molar-refractivity contribution >= 4 is 6.29 Å². The number of rotatable bonds is 3. The van der Waals surface area contributed by atoms with Crippen LogP contribution in [0.5, 0.6) is 0 Å². The van der Waals surface area contributed by atoms with Gasteiger partial charge in [-0.1, -0.05) is 13.8 Å². The summed E-state index contributed by atoms with van der Waals surface area (Å²) < 4.78 is 4.79. The van der Waals surface area contributed by atoms with Crippen molar-refractivity contribution in [2.75, 3.05) is 7.11 Å². The Bertz CT molecular complexity index is 398. The summed E-state index contributed by atoms with van der Waals surface area (Å²) in [6, 6.07) is 0. The van der Waals surface area contributed by atoms with E-state index < -0.39 is 4.92 Å². The zero-order chi connectivity index (χ0) is 12.6. The van der Waals surface area contributed by atoms with E-state index in [1.54, 1.807) is 0 Å². The molecule has 0 amide bonds. The van der Waals surface area contributed by atoms with Gasteiger partial charge in [-0.25, -0.2) is 0 Å². The van der Waals surface area contributed by atoms with E-state index in [0.717, 1.165) is 6.08 Å². The van der Waals surface area contributed by atoms with Crippen molar-refractivity contribution in [1.82, 2.24) is 0 Å². The van der Waals surface area contributed by atoms with Crippen molar-refractivity contribution in [1.29, 1.82) is 0 Å². The average molecular weight is 223 g/mol. The molecule has 16 heavy (non-hydrogen) atoms. The smallest absolute Gasteiger partial charge is 0.316 e. The van der Waals surface area contributed by atoms with Crippen molar-refractivity contribution in [3.8, 4) is 0 Å². The molecule has 0 aliphatic heterocycles. The molecule has 1 aliphatic carbocycles. The van der Waals surface area contributed by atoms with E-state index in [-0.39, 0.29) is 17.0 Å². The number of hydrogen-bond donors (Lipinski definition) is 0. The second kappa shape index (κ2) is 7.20. The number of aldehydes is 1. The molecule has 0 unspecified atom stereocenters. The summed E-state index contributed by atoms with van der Waals surface area (Å²) in [6.07, 6.45) is 4.53. The van der Waals surface area contributed by atoms with Gasteiger partial charge in [0.25, 0.3) is 0 Å². The highest BCUT2D eigenvalue weighted by Crippen LogP contribution is 2.10. The molecule has 0 N–H and O–H groups in total. The summed E-state index contributed by atoms with van der Waals surface area (Å²) >= 11 is 0. The Balaban J connectivity index is 0.00000106. The zero-order valence-corrected chi connectivity index (χ0v) is 9.39. The number of nitro groups is 1. The standard InChI is InChI=1S/C9H7NO4.C2H6/c1-14-9-3-2-7(6-11)4-8(5-9)10(12)13;1-2/h2-4,6H,1H3;1-2H3. The highest BCUT2D eigenvalue weighted by Gasteiger charge is 2.10. The van der Waals surface area contributed by atoms with Gasteiger partial charge in [0.2, 0.25) is 0 Å². The lowest BCUT2D eigenvalue weighted by atomic mass is 10.2. The second-order valence-electron chi connectivity index (χ2n) is 2.43. The van der Waals surface area contributed by atoms with Gasteiger partial charge in [0.05, 0.1) is 12.0 Å². The Labute approximate surface area is 93.6 Å². The first-order valence-electron chi connectivity index (χ1n) is 4.71. The van der Waals surface area contributed by atoms with Crippen LogP contribution in [0.25, 0.3) is 0 Å². The minimum Gasteiger partial charge on any atom is -0.489 e. The van der Waals surface area contributed by atoms with Crippen LogP contribution in [0.1, 0.15) is 13.8 Å². The molecule has 5 heteroatoms. The Kier molecular flexibility index (Phi) is 6.24. The summed E-state index contributed by atoms with van der Waals surface area (Å²) in [5, 5.41) is 10.5. The molecular formula is C11H13NO4. The molecule has 0 radical (unpaired) electrons. The molecule has 0 spiro atoms. The van der Waals surface area contributed by atoms with E-state index in [1.807, 2.05) is 13.8 Å². The fourth-order valence-electron chi connectivity index (χ4n) is 0.873. The molecule has 0 fully saturated rings. The van der Waals surface area contributed by atoms with Crippen LogP contribution in [-0.4, -0.2) is 18.3 Å². The van der Waals surface area contributed by atoms with Crippen molar-refractivity contribution in [3.05, 3.63) is 51.1 Å². The summed E-state index contributed by atoms with van der Waals surface area (Å²) in [6.45, 7) is 4.00. The van der Waals surface area contributed by atoms with Crippen LogP contribution in [0.3, 0.4) is 0 Å². The minimum atomic E-state index is -0.629. The number of methoxy groups -OCH3 is 1. The van der Waals surface area contributed by atoms with E-state index in [4.69, 9.17) is 4.74 Å². The highest BCUT2D eigenvalue weighted by atomic mass is 16.6. The van der Waals surface area contributed by atoms with Gasteiger partial charge in [0, 0.05) is 17.4 Å². The van der Waals surface area contributed by atoms with Crippen LogP contribution < -0.4 is 0 Å². The van der Waals surface area contributed by atoms with Gasteiger partial charge < -0.3 is 4.74 Å². The van der Waals surface area contributed by atoms with Crippen LogP contribution in [-0.2, 0) is 9.53 Å². The summed E-state index contributed by atoms with van der Waals surface area (Å²) in [7, 11) is 1.37. The fraction of sp³-hybridized carbons (Fsp3) is 0.273. The first-order chi connectivity index (χ1) is 7.67. The van der Waals surface area contributed by atoms with Gasteiger partial charge >= 0.3 is 5.70 Å². The Morgan fingerprint density at radius 1 is 1.44 bits per heavy atom. The molecule has 0 aromatic carbocycles. The number of allylic oxidation sites excluding steroid dienone is 3. The molecular weight excluding hydrogens is 210 g/mol. The molecule has 1 aliphatic rings. The normalized spacial score (nSPS) is 13.3. The summed E-state index contributed by atoms with van der Waals surface area (Å²) in [5.41, 5.74) is 2.33. The number of carbonyl (C=O) groups excluding carboxylic acids is 1. The van der Waals surface area contributed by atoms with Crippen LogP contribution in [0.15, 0.2) is 41.0 Å². The lowest BCUT2D eigenvalue weighted by Gasteiger charge is -1.92.